The summed E-state index contributed by atoms with van der Waals surface area (Å²) >= 11 is 0. The van der Waals surface area contributed by atoms with E-state index in [9.17, 15) is 4.21 Å². The van der Waals surface area contributed by atoms with Gasteiger partial charge in [-0.15, -0.1) is 0 Å². The standard InChI is InChI=1S/C10H12OS/c11-12-7-6-10(12)8-9-4-2-1-3-5-9/h1-5,10H,6-8H2. The minimum Gasteiger partial charge on any atom is -0.259 e. The third-order valence-electron chi connectivity index (χ3n) is 2.32. The first-order valence-corrected chi connectivity index (χ1v) is 5.65. The normalized spacial score (nSPS) is 28.0. The smallest absolute Gasteiger partial charge is 0.0397 e. The van der Waals surface area contributed by atoms with Crippen molar-refractivity contribution in [3.05, 3.63) is 35.9 Å². The van der Waals surface area contributed by atoms with Gasteiger partial charge in [-0.05, 0) is 18.4 Å². The summed E-state index contributed by atoms with van der Waals surface area (Å²) in [4.78, 5) is 0. The van der Waals surface area contributed by atoms with E-state index in [2.05, 4.69) is 12.1 Å². The van der Waals surface area contributed by atoms with E-state index in [-0.39, 0.29) is 0 Å². The fourth-order valence-corrected chi connectivity index (χ4v) is 2.59. The predicted molar refractivity (Wildman–Crippen MR) is 51.6 cm³/mol. The SMILES string of the molecule is O=S1CCC1Cc1ccccc1. The van der Waals surface area contributed by atoms with Crippen LogP contribution in [0.25, 0.3) is 0 Å². The first-order chi connectivity index (χ1) is 5.86. The Bertz CT molecular complexity index is 281. The molecule has 2 heteroatoms. The van der Waals surface area contributed by atoms with Crippen LogP contribution in [0.2, 0.25) is 0 Å². The van der Waals surface area contributed by atoms with Crippen LogP contribution in [0.5, 0.6) is 0 Å². The molecule has 0 spiro atoms. The second kappa shape index (κ2) is 3.40. The van der Waals surface area contributed by atoms with Crippen molar-refractivity contribution in [2.45, 2.75) is 18.1 Å². The first kappa shape index (κ1) is 7.99. The molecule has 1 heterocycles. The zero-order chi connectivity index (χ0) is 8.39. The summed E-state index contributed by atoms with van der Waals surface area (Å²) in [5.41, 5.74) is 1.32. The van der Waals surface area contributed by atoms with Crippen LogP contribution in [0.3, 0.4) is 0 Å². The summed E-state index contributed by atoms with van der Waals surface area (Å²) in [6, 6.07) is 10.3. The van der Waals surface area contributed by atoms with Crippen molar-refractivity contribution >= 4 is 10.8 Å². The maximum atomic E-state index is 11.1. The second-order valence-corrected chi connectivity index (χ2v) is 5.02. The van der Waals surface area contributed by atoms with Gasteiger partial charge in [-0.25, -0.2) is 0 Å². The van der Waals surface area contributed by atoms with E-state index in [0.29, 0.717) is 5.25 Å². The molecular weight excluding hydrogens is 168 g/mol. The van der Waals surface area contributed by atoms with Crippen LogP contribution in [0, 0.1) is 0 Å². The first-order valence-electron chi connectivity index (χ1n) is 4.27. The topological polar surface area (TPSA) is 17.1 Å². The van der Waals surface area contributed by atoms with E-state index in [1.165, 1.54) is 5.56 Å². The zero-order valence-corrected chi connectivity index (χ0v) is 7.72. The maximum Gasteiger partial charge on any atom is 0.0397 e. The van der Waals surface area contributed by atoms with Crippen molar-refractivity contribution in [1.29, 1.82) is 0 Å². The van der Waals surface area contributed by atoms with Crippen molar-refractivity contribution in [2.24, 2.45) is 0 Å². The molecule has 12 heavy (non-hydrogen) atoms. The highest BCUT2D eigenvalue weighted by Crippen LogP contribution is 2.20. The molecule has 1 nitrogen and oxygen atoms in total. The average molecular weight is 180 g/mol. The molecule has 0 saturated carbocycles. The molecule has 2 unspecified atom stereocenters. The van der Waals surface area contributed by atoms with Crippen LogP contribution >= 0.6 is 0 Å². The number of hydrogen-bond acceptors (Lipinski definition) is 1. The summed E-state index contributed by atoms with van der Waals surface area (Å²) < 4.78 is 11.1. The highest BCUT2D eigenvalue weighted by molar-refractivity contribution is 7.87. The van der Waals surface area contributed by atoms with Crippen LogP contribution in [-0.4, -0.2) is 15.2 Å². The molecule has 1 aliphatic heterocycles. The molecule has 1 fully saturated rings. The number of rotatable bonds is 2. The van der Waals surface area contributed by atoms with Crippen LogP contribution in [0.15, 0.2) is 30.3 Å². The molecule has 1 aromatic carbocycles. The Hall–Kier alpha value is -0.630. The lowest BCUT2D eigenvalue weighted by molar-refractivity contribution is 0.634. The molecule has 2 atom stereocenters. The van der Waals surface area contributed by atoms with Gasteiger partial charge in [0.2, 0.25) is 0 Å². The van der Waals surface area contributed by atoms with E-state index < -0.39 is 10.8 Å². The summed E-state index contributed by atoms with van der Waals surface area (Å²) in [6.45, 7) is 0. The predicted octanol–water partition coefficient (Wildman–Crippen LogP) is 1.75. The van der Waals surface area contributed by atoms with Crippen LogP contribution in [0.1, 0.15) is 12.0 Å². The van der Waals surface area contributed by atoms with Gasteiger partial charge in [-0.1, -0.05) is 30.3 Å². The molecule has 0 N–H and O–H groups in total. The van der Waals surface area contributed by atoms with Crippen molar-refractivity contribution in [3.63, 3.8) is 0 Å². The van der Waals surface area contributed by atoms with Crippen LogP contribution < -0.4 is 0 Å². The van der Waals surface area contributed by atoms with Crippen molar-refractivity contribution in [3.8, 4) is 0 Å². The number of benzene rings is 1. The van der Waals surface area contributed by atoms with Gasteiger partial charge in [-0.3, -0.25) is 4.21 Å². The van der Waals surface area contributed by atoms with Gasteiger partial charge in [-0.2, -0.15) is 0 Å². The van der Waals surface area contributed by atoms with Gasteiger partial charge >= 0.3 is 0 Å². The Labute approximate surface area is 75.3 Å². The van der Waals surface area contributed by atoms with E-state index in [0.717, 1.165) is 18.6 Å². The highest BCUT2D eigenvalue weighted by atomic mass is 32.2. The second-order valence-electron chi connectivity index (χ2n) is 3.19. The zero-order valence-electron chi connectivity index (χ0n) is 6.90. The minimum atomic E-state index is -0.530. The molecule has 0 aromatic heterocycles. The summed E-state index contributed by atoms with van der Waals surface area (Å²) in [7, 11) is -0.530. The Balaban J connectivity index is 2.00. The van der Waals surface area contributed by atoms with Gasteiger partial charge < -0.3 is 0 Å². The fourth-order valence-electron chi connectivity index (χ4n) is 1.45. The van der Waals surface area contributed by atoms with Crippen LogP contribution in [-0.2, 0) is 17.2 Å². The molecule has 0 aliphatic carbocycles. The van der Waals surface area contributed by atoms with Crippen molar-refractivity contribution in [1.82, 2.24) is 0 Å². The molecule has 0 amide bonds. The Morgan fingerprint density at radius 3 is 2.58 bits per heavy atom. The van der Waals surface area contributed by atoms with Gasteiger partial charge in [0.05, 0.1) is 0 Å². The molecule has 2 rings (SSSR count). The molecule has 1 saturated heterocycles. The maximum absolute atomic E-state index is 11.1. The minimum absolute atomic E-state index is 0.437. The molecule has 64 valence electrons. The van der Waals surface area contributed by atoms with Gasteiger partial charge in [0, 0.05) is 21.8 Å². The van der Waals surface area contributed by atoms with Gasteiger partial charge in [0.25, 0.3) is 0 Å². The third kappa shape index (κ3) is 1.58. The Morgan fingerprint density at radius 1 is 1.33 bits per heavy atom. The van der Waals surface area contributed by atoms with E-state index >= 15 is 0 Å². The van der Waals surface area contributed by atoms with E-state index in [4.69, 9.17) is 0 Å². The molecule has 1 aliphatic rings. The van der Waals surface area contributed by atoms with E-state index in [1.807, 2.05) is 18.2 Å². The number of hydrogen-bond donors (Lipinski definition) is 0. The monoisotopic (exact) mass is 180 g/mol. The van der Waals surface area contributed by atoms with Crippen molar-refractivity contribution in [2.75, 3.05) is 5.75 Å². The lowest BCUT2D eigenvalue weighted by atomic mass is 10.1. The van der Waals surface area contributed by atoms with Gasteiger partial charge in [0.15, 0.2) is 0 Å². The average Bonchev–Trinajstić information content (AvgIpc) is 2.14. The molecule has 1 aromatic rings. The largest absolute Gasteiger partial charge is 0.259 e. The fraction of sp³-hybridized carbons (Fsp3) is 0.400. The lowest BCUT2D eigenvalue weighted by Gasteiger charge is -2.24. The summed E-state index contributed by atoms with van der Waals surface area (Å²) in [5, 5.41) is 0.437. The summed E-state index contributed by atoms with van der Waals surface area (Å²) in [6.07, 6.45) is 2.13. The summed E-state index contributed by atoms with van der Waals surface area (Å²) in [5.74, 6) is 0.914. The molecule has 0 bridgehead atoms. The van der Waals surface area contributed by atoms with Crippen LogP contribution in [0.4, 0.5) is 0 Å². The lowest BCUT2D eigenvalue weighted by Crippen LogP contribution is -2.32. The Kier molecular flexibility index (Phi) is 2.26. The quantitative estimate of drug-likeness (QED) is 0.677. The van der Waals surface area contributed by atoms with E-state index in [1.54, 1.807) is 0 Å². The third-order valence-corrected chi connectivity index (χ3v) is 4.10. The molecule has 0 radical (unpaired) electrons. The molecular formula is C10H12OS. The van der Waals surface area contributed by atoms with Gasteiger partial charge in [0.1, 0.15) is 0 Å². The van der Waals surface area contributed by atoms with Crippen molar-refractivity contribution < 1.29 is 4.21 Å². The highest BCUT2D eigenvalue weighted by Gasteiger charge is 2.26. The Morgan fingerprint density at radius 2 is 2.08 bits per heavy atom.